The van der Waals surface area contributed by atoms with E-state index in [1.165, 1.54) is 12.1 Å². The van der Waals surface area contributed by atoms with Crippen LogP contribution in [0.25, 0.3) is 0 Å². The fourth-order valence-corrected chi connectivity index (χ4v) is 2.62. The molecule has 4 heteroatoms. The quantitative estimate of drug-likeness (QED) is 0.879. The molecule has 1 aromatic heterocycles. The highest BCUT2D eigenvalue weighted by Crippen LogP contribution is 2.30. The first-order valence-electron chi connectivity index (χ1n) is 6.42. The van der Waals surface area contributed by atoms with E-state index < -0.39 is 0 Å². The zero-order valence-corrected chi connectivity index (χ0v) is 12.6. The Morgan fingerprint density at radius 3 is 2.63 bits per heavy atom. The molecule has 2 rings (SSSR count). The fraction of sp³-hybridized carbons (Fsp3) is 0.333. The Labute approximate surface area is 121 Å². The number of benzene rings is 1. The number of aryl methyl sites for hydroxylation is 1. The lowest BCUT2D eigenvalue weighted by atomic mass is 10.0. The van der Waals surface area contributed by atoms with Crippen molar-refractivity contribution in [2.45, 2.75) is 26.3 Å². The summed E-state index contributed by atoms with van der Waals surface area (Å²) in [5.74, 6) is 1.56. The van der Waals surface area contributed by atoms with Crippen LogP contribution >= 0.6 is 15.9 Å². The topological polar surface area (TPSA) is 25.2 Å². The lowest BCUT2D eigenvalue weighted by molar-refractivity contribution is 0.425. The smallest absolute Gasteiger partial charge is 0.125 e. The van der Waals surface area contributed by atoms with Crippen LogP contribution in [0.3, 0.4) is 0 Å². The van der Waals surface area contributed by atoms with Gasteiger partial charge < -0.3 is 9.73 Å². The number of furan rings is 1. The highest BCUT2D eigenvalue weighted by Gasteiger charge is 2.19. The van der Waals surface area contributed by atoms with Gasteiger partial charge in [-0.25, -0.2) is 4.39 Å². The molecule has 0 spiro atoms. The average molecular weight is 326 g/mol. The lowest BCUT2D eigenvalue weighted by Gasteiger charge is -2.17. The van der Waals surface area contributed by atoms with Crippen molar-refractivity contribution < 1.29 is 8.81 Å². The Hall–Kier alpha value is -1.13. The molecule has 1 atom stereocenters. The first-order valence-corrected chi connectivity index (χ1v) is 7.22. The molecule has 1 unspecified atom stereocenters. The lowest BCUT2D eigenvalue weighted by Crippen LogP contribution is -2.22. The standard InChI is InChI=1S/C15H17BrFNO/c1-3-11-6-8-14(19-11)15(18-4-2)12-7-5-10(17)9-13(12)16/h5-9,15,18H,3-4H2,1-2H3. The zero-order chi connectivity index (χ0) is 13.8. The van der Waals surface area contributed by atoms with Gasteiger partial charge in [0, 0.05) is 10.9 Å². The van der Waals surface area contributed by atoms with Gasteiger partial charge in [0.1, 0.15) is 17.3 Å². The number of nitrogens with one attached hydrogen (secondary N) is 1. The van der Waals surface area contributed by atoms with Crippen molar-refractivity contribution in [3.8, 4) is 0 Å². The molecule has 102 valence electrons. The highest BCUT2D eigenvalue weighted by molar-refractivity contribution is 9.10. The maximum Gasteiger partial charge on any atom is 0.125 e. The molecule has 1 aromatic carbocycles. The normalized spacial score (nSPS) is 12.6. The Morgan fingerprint density at radius 1 is 1.26 bits per heavy atom. The van der Waals surface area contributed by atoms with Crippen LogP contribution in [0, 0.1) is 5.82 Å². The summed E-state index contributed by atoms with van der Waals surface area (Å²) in [4.78, 5) is 0. The van der Waals surface area contributed by atoms with Crippen LogP contribution in [0.4, 0.5) is 4.39 Å². The summed E-state index contributed by atoms with van der Waals surface area (Å²) >= 11 is 3.42. The molecule has 2 nitrogen and oxygen atoms in total. The fourth-order valence-electron chi connectivity index (χ4n) is 2.04. The summed E-state index contributed by atoms with van der Waals surface area (Å²) in [6.45, 7) is 4.89. The number of hydrogen-bond donors (Lipinski definition) is 1. The minimum absolute atomic E-state index is 0.0692. The molecule has 0 saturated heterocycles. The summed E-state index contributed by atoms with van der Waals surface area (Å²) in [6.07, 6.45) is 0.865. The second-order valence-corrected chi connectivity index (χ2v) is 5.17. The second-order valence-electron chi connectivity index (χ2n) is 4.31. The largest absolute Gasteiger partial charge is 0.464 e. The van der Waals surface area contributed by atoms with Gasteiger partial charge in [-0.3, -0.25) is 0 Å². The van der Waals surface area contributed by atoms with Crippen LogP contribution in [0.1, 0.15) is 37.0 Å². The maximum absolute atomic E-state index is 13.2. The van der Waals surface area contributed by atoms with Crippen molar-refractivity contribution in [3.05, 3.63) is 57.7 Å². The average Bonchev–Trinajstić information content (AvgIpc) is 2.85. The number of rotatable bonds is 5. The third kappa shape index (κ3) is 3.25. The minimum atomic E-state index is -0.250. The molecule has 1 N–H and O–H groups in total. The van der Waals surface area contributed by atoms with Crippen molar-refractivity contribution in [3.63, 3.8) is 0 Å². The first-order chi connectivity index (χ1) is 9.15. The molecule has 1 heterocycles. The Bertz CT molecular complexity index is 553. The van der Waals surface area contributed by atoms with E-state index in [1.54, 1.807) is 6.07 Å². The van der Waals surface area contributed by atoms with Crippen molar-refractivity contribution >= 4 is 15.9 Å². The SMILES string of the molecule is CCNC(c1ccc(CC)o1)c1ccc(F)cc1Br. The van der Waals surface area contributed by atoms with Gasteiger partial charge in [-0.1, -0.05) is 35.8 Å². The molecule has 0 bridgehead atoms. The maximum atomic E-state index is 13.2. The van der Waals surface area contributed by atoms with Crippen LogP contribution in [0.15, 0.2) is 39.2 Å². The molecule has 0 aliphatic heterocycles. The van der Waals surface area contributed by atoms with Gasteiger partial charge in [0.2, 0.25) is 0 Å². The monoisotopic (exact) mass is 325 g/mol. The third-order valence-electron chi connectivity index (χ3n) is 3.00. The van der Waals surface area contributed by atoms with Crippen LogP contribution in [-0.2, 0) is 6.42 Å². The summed E-state index contributed by atoms with van der Waals surface area (Å²) in [6, 6.07) is 8.61. The van der Waals surface area contributed by atoms with E-state index in [9.17, 15) is 4.39 Å². The van der Waals surface area contributed by atoms with Crippen LogP contribution in [-0.4, -0.2) is 6.54 Å². The van der Waals surface area contributed by atoms with E-state index in [-0.39, 0.29) is 11.9 Å². The predicted octanol–water partition coefficient (Wildman–Crippen LogP) is 4.44. The summed E-state index contributed by atoms with van der Waals surface area (Å²) in [7, 11) is 0. The van der Waals surface area contributed by atoms with E-state index >= 15 is 0 Å². The van der Waals surface area contributed by atoms with Crippen molar-refractivity contribution in [1.82, 2.24) is 5.32 Å². The Morgan fingerprint density at radius 2 is 2.05 bits per heavy atom. The molecule has 2 aromatic rings. The predicted molar refractivity (Wildman–Crippen MR) is 77.7 cm³/mol. The highest BCUT2D eigenvalue weighted by atomic mass is 79.9. The second kappa shape index (κ2) is 6.35. The van der Waals surface area contributed by atoms with Gasteiger partial charge in [-0.05, 0) is 36.4 Å². The van der Waals surface area contributed by atoms with Gasteiger partial charge in [-0.2, -0.15) is 0 Å². The van der Waals surface area contributed by atoms with Crippen molar-refractivity contribution in [2.75, 3.05) is 6.54 Å². The summed E-state index contributed by atoms with van der Waals surface area (Å²) < 4.78 is 19.7. The van der Waals surface area contributed by atoms with Gasteiger partial charge in [0.15, 0.2) is 0 Å². The minimum Gasteiger partial charge on any atom is -0.464 e. The van der Waals surface area contributed by atoms with Gasteiger partial charge in [0.05, 0.1) is 6.04 Å². The molecular formula is C15H17BrFNO. The Kier molecular flexibility index (Phi) is 4.77. The molecule has 19 heavy (non-hydrogen) atoms. The molecular weight excluding hydrogens is 309 g/mol. The molecule has 0 fully saturated rings. The van der Waals surface area contributed by atoms with Gasteiger partial charge in [0.25, 0.3) is 0 Å². The molecule has 0 radical (unpaired) electrons. The third-order valence-corrected chi connectivity index (χ3v) is 3.68. The molecule has 0 amide bonds. The van der Waals surface area contributed by atoms with E-state index in [2.05, 4.69) is 28.2 Å². The zero-order valence-electron chi connectivity index (χ0n) is 11.0. The van der Waals surface area contributed by atoms with Gasteiger partial charge >= 0.3 is 0 Å². The van der Waals surface area contributed by atoms with Gasteiger partial charge in [-0.15, -0.1) is 0 Å². The molecule has 0 aliphatic carbocycles. The van der Waals surface area contributed by atoms with E-state index in [0.717, 1.165) is 34.5 Å². The Balaban J connectivity index is 2.38. The van der Waals surface area contributed by atoms with Crippen molar-refractivity contribution in [2.24, 2.45) is 0 Å². The van der Waals surface area contributed by atoms with E-state index in [1.807, 2.05) is 19.1 Å². The van der Waals surface area contributed by atoms with E-state index in [4.69, 9.17) is 4.42 Å². The van der Waals surface area contributed by atoms with Crippen LogP contribution in [0.5, 0.6) is 0 Å². The first kappa shape index (κ1) is 14.3. The molecule has 0 aliphatic rings. The summed E-state index contributed by atoms with van der Waals surface area (Å²) in [5.41, 5.74) is 0.972. The number of hydrogen-bond acceptors (Lipinski definition) is 2. The van der Waals surface area contributed by atoms with Crippen LogP contribution in [0.2, 0.25) is 0 Å². The summed E-state index contributed by atoms with van der Waals surface area (Å²) in [5, 5.41) is 3.37. The van der Waals surface area contributed by atoms with Crippen molar-refractivity contribution in [1.29, 1.82) is 0 Å². The molecule has 0 saturated carbocycles. The number of halogens is 2. The van der Waals surface area contributed by atoms with E-state index in [0.29, 0.717) is 0 Å². The van der Waals surface area contributed by atoms with Crippen LogP contribution < -0.4 is 5.32 Å².